The number of aromatic amines is 1. The molecule has 1 aliphatic heterocycles. The number of hydrogen-bond acceptors (Lipinski definition) is 5. The van der Waals surface area contributed by atoms with Gasteiger partial charge in [-0.1, -0.05) is 12.1 Å². The second-order valence-electron chi connectivity index (χ2n) is 6.16. The van der Waals surface area contributed by atoms with E-state index in [2.05, 4.69) is 14.9 Å². The Morgan fingerprint density at radius 2 is 1.73 bits per heavy atom. The molecule has 2 aromatic carbocycles. The maximum atomic E-state index is 12.6. The Kier molecular flexibility index (Phi) is 4.00. The van der Waals surface area contributed by atoms with Crippen LogP contribution >= 0.6 is 0 Å². The summed E-state index contributed by atoms with van der Waals surface area (Å²) in [7, 11) is 0. The number of nitro groups is 1. The molecule has 1 amide bonds. The number of non-ortho nitro benzene ring substituents is 1. The molecule has 4 rings (SSSR count). The molecule has 3 aromatic rings. The van der Waals surface area contributed by atoms with E-state index in [4.69, 9.17) is 0 Å². The largest absolute Gasteiger partial charge is 0.339 e. The van der Waals surface area contributed by atoms with Crippen LogP contribution in [-0.2, 0) is 0 Å². The number of nitrogens with zero attached hydrogens (tertiary/aromatic N) is 4. The molecule has 0 atom stereocenters. The number of amides is 1. The summed E-state index contributed by atoms with van der Waals surface area (Å²) in [5, 5.41) is 10.7. The molecule has 0 unspecified atom stereocenters. The average Bonchev–Trinajstić information content (AvgIpc) is 3.12. The van der Waals surface area contributed by atoms with Crippen LogP contribution in [0.5, 0.6) is 0 Å². The minimum atomic E-state index is -0.472. The molecule has 1 aromatic heterocycles. The maximum absolute atomic E-state index is 12.6. The number of imidazole rings is 1. The lowest BCUT2D eigenvalue weighted by Gasteiger charge is -2.34. The molecule has 0 saturated carbocycles. The fourth-order valence-corrected chi connectivity index (χ4v) is 3.12. The average molecular weight is 351 g/mol. The Hall–Kier alpha value is -3.42. The van der Waals surface area contributed by atoms with Crippen molar-refractivity contribution in [2.24, 2.45) is 0 Å². The van der Waals surface area contributed by atoms with E-state index in [9.17, 15) is 14.9 Å². The fraction of sp³-hybridized carbons (Fsp3) is 0.222. The normalized spacial score (nSPS) is 14.6. The van der Waals surface area contributed by atoms with Crippen molar-refractivity contribution in [1.82, 2.24) is 14.9 Å². The minimum absolute atomic E-state index is 0.0174. The molecule has 1 saturated heterocycles. The van der Waals surface area contributed by atoms with Gasteiger partial charge in [0, 0.05) is 43.9 Å². The van der Waals surface area contributed by atoms with Gasteiger partial charge in [-0.3, -0.25) is 14.9 Å². The standard InChI is InChI=1S/C18H17N5O3/c24-17(13-5-7-14(8-6-13)23(25)26)21-9-11-22(12-10-21)18-19-15-3-1-2-4-16(15)20-18/h1-8H,9-12H2,(H,19,20). The summed E-state index contributed by atoms with van der Waals surface area (Å²) in [4.78, 5) is 34.6. The lowest BCUT2D eigenvalue weighted by Crippen LogP contribution is -2.49. The zero-order valence-corrected chi connectivity index (χ0v) is 14.0. The van der Waals surface area contributed by atoms with Crippen molar-refractivity contribution in [1.29, 1.82) is 0 Å². The van der Waals surface area contributed by atoms with Crippen LogP contribution in [0, 0.1) is 10.1 Å². The highest BCUT2D eigenvalue weighted by molar-refractivity contribution is 5.94. The van der Waals surface area contributed by atoms with E-state index in [1.165, 1.54) is 24.3 Å². The Bertz CT molecular complexity index is 925. The van der Waals surface area contributed by atoms with E-state index in [1.807, 2.05) is 24.3 Å². The van der Waals surface area contributed by atoms with Gasteiger partial charge in [0.15, 0.2) is 0 Å². The Morgan fingerprint density at radius 1 is 1.04 bits per heavy atom. The van der Waals surface area contributed by atoms with E-state index in [-0.39, 0.29) is 11.6 Å². The number of piperazine rings is 1. The third kappa shape index (κ3) is 2.97. The number of nitrogens with one attached hydrogen (secondary N) is 1. The summed E-state index contributed by atoms with van der Waals surface area (Å²) in [5.41, 5.74) is 2.36. The van der Waals surface area contributed by atoms with Crippen LogP contribution < -0.4 is 4.90 Å². The van der Waals surface area contributed by atoms with Crippen molar-refractivity contribution < 1.29 is 9.72 Å². The van der Waals surface area contributed by atoms with Crippen LogP contribution in [0.3, 0.4) is 0 Å². The zero-order chi connectivity index (χ0) is 18.1. The quantitative estimate of drug-likeness (QED) is 0.577. The predicted octanol–water partition coefficient (Wildman–Crippen LogP) is 2.43. The van der Waals surface area contributed by atoms with E-state index in [0.717, 1.165) is 17.0 Å². The van der Waals surface area contributed by atoms with Gasteiger partial charge in [-0.2, -0.15) is 0 Å². The summed E-state index contributed by atoms with van der Waals surface area (Å²) in [6, 6.07) is 13.6. The number of fused-ring (bicyclic) bond motifs is 1. The lowest BCUT2D eigenvalue weighted by molar-refractivity contribution is -0.384. The maximum Gasteiger partial charge on any atom is 0.269 e. The predicted molar refractivity (Wildman–Crippen MR) is 97.3 cm³/mol. The van der Waals surface area contributed by atoms with Gasteiger partial charge in [0.05, 0.1) is 16.0 Å². The van der Waals surface area contributed by atoms with Crippen molar-refractivity contribution in [3.8, 4) is 0 Å². The molecule has 0 aliphatic carbocycles. The summed E-state index contributed by atoms with van der Waals surface area (Å²) in [6.45, 7) is 2.51. The molecule has 1 N–H and O–H groups in total. The number of rotatable bonds is 3. The van der Waals surface area contributed by atoms with Crippen LogP contribution in [0.1, 0.15) is 10.4 Å². The van der Waals surface area contributed by atoms with Gasteiger partial charge < -0.3 is 14.8 Å². The Labute approximate surface area is 149 Å². The number of aromatic nitrogens is 2. The van der Waals surface area contributed by atoms with Crippen LogP contribution in [0.4, 0.5) is 11.6 Å². The third-order valence-corrected chi connectivity index (χ3v) is 4.57. The fourth-order valence-electron chi connectivity index (χ4n) is 3.12. The molecule has 132 valence electrons. The zero-order valence-electron chi connectivity index (χ0n) is 14.0. The number of carbonyl (C=O) groups is 1. The van der Waals surface area contributed by atoms with Gasteiger partial charge in [0.2, 0.25) is 5.95 Å². The van der Waals surface area contributed by atoms with E-state index >= 15 is 0 Å². The number of hydrogen-bond donors (Lipinski definition) is 1. The third-order valence-electron chi connectivity index (χ3n) is 4.57. The summed E-state index contributed by atoms with van der Waals surface area (Å²) in [6.07, 6.45) is 0. The monoisotopic (exact) mass is 351 g/mol. The van der Waals surface area contributed by atoms with Gasteiger partial charge in [-0.15, -0.1) is 0 Å². The number of H-pyrrole nitrogens is 1. The van der Waals surface area contributed by atoms with Crippen molar-refractivity contribution in [2.75, 3.05) is 31.1 Å². The van der Waals surface area contributed by atoms with Crippen LogP contribution in [0.25, 0.3) is 11.0 Å². The highest BCUT2D eigenvalue weighted by Crippen LogP contribution is 2.19. The first-order chi connectivity index (χ1) is 12.6. The number of nitro benzene ring substituents is 1. The van der Waals surface area contributed by atoms with Crippen LogP contribution in [-0.4, -0.2) is 51.9 Å². The van der Waals surface area contributed by atoms with E-state index < -0.39 is 4.92 Å². The number of anilines is 1. The summed E-state index contributed by atoms with van der Waals surface area (Å²) >= 11 is 0. The first-order valence-electron chi connectivity index (χ1n) is 8.35. The molecular weight excluding hydrogens is 334 g/mol. The van der Waals surface area contributed by atoms with Crippen molar-refractivity contribution in [3.05, 3.63) is 64.2 Å². The van der Waals surface area contributed by atoms with Crippen molar-refractivity contribution in [2.45, 2.75) is 0 Å². The Morgan fingerprint density at radius 3 is 2.38 bits per heavy atom. The molecule has 0 spiro atoms. The van der Waals surface area contributed by atoms with Crippen LogP contribution in [0.15, 0.2) is 48.5 Å². The molecule has 8 nitrogen and oxygen atoms in total. The van der Waals surface area contributed by atoms with Gasteiger partial charge in [0.1, 0.15) is 0 Å². The van der Waals surface area contributed by atoms with Crippen LogP contribution in [0.2, 0.25) is 0 Å². The lowest BCUT2D eigenvalue weighted by atomic mass is 10.1. The molecule has 2 heterocycles. The number of para-hydroxylation sites is 2. The van der Waals surface area contributed by atoms with E-state index in [1.54, 1.807) is 4.90 Å². The number of benzene rings is 2. The molecule has 8 heteroatoms. The first-order valence-corrected chi connectivity index (χ1v) is 8.35. The summed E-state index contributed by atoms with van der Waals surface area (Å²) < 4.78 is 0. The van der Waals surface area contributed by atoms with Gasteiger partial charge in [-0.25, -0.2) is 4.98 Å². The second kappa shape index (κ2) is 6.47. The van der Waals surface area contributed by atoms with Gasteiger partial charge in [-0.05, 0) is 24.3 Å². The van der Waals surface area contributed by atoms with Gasteiger partial charge >= 0.3 is 0 Å². The van der Waals surface area contributed by atoms with E-state index in [0.29, 0.717) is 31.7 Å². The SMILES string of the molecule is O=C(c1ccc([N+](=O)[O-])cc1)N1CCN(c2nc3ccccc3[nH]2)CC1. The molecule has 0 radical (unpaired) electrons. The van der Waals surface area contributed by atoms with Crippen molar-refractivity contribution >= 4 is 28.6 Å². The van der Waals surface area contributed by atoms with Crippen molar-refractivity contribution in [3.63, 3.8) is 0 Å². The smallest absolute Gasteiger partial charge is 0.269 e. The molecule has 26 heavy (non-hydrogen) atoms. The molecule has 0 bridgehead atoms. The molecule has 1 aliphatic rings. The second-order valence-corrected chi connectivity index (χ2v) is 6.16. The van der Waals surface area contributed by atoms with Gasteiger partial charge in [0.25, 0.3) is 11.6 Å². The Balaban J connectivity index is 1.42. The molecule has 1 fully saturated rings. The highest BCUT2D eigenvalue weighted by atomic mass is 16.6. The summed E-state index contributed by atoms with van der Waals surface area (Å²) in [5.74, 6) is 0.706. The highest BCUT2D eigenvalue weighted by Gasteiger charge is 2.24. The number of carbonyl (C=O) groups excluding carboxylic acids is 1. The topological polar surface area (TPSA) is 95.4 Å². The first kappa shape index (κ1) is 16.1. The minimum Gasteiger partial charge on any atom is -0.339 e. The molecular formula is C18H17N5O3.